The van der Waals surface area contributed by atoms with Crippen molar-refractivity contribution in [1.82, 2.24) is 30.1 Å². The van der Waals surface area contributed by atoms with Gasteiger partial charge >= 0.3 is 0 Å². The zero-order valence-electron chi connectivity index (χ0n) is 16.5. The average Bonchev–Trinajstić information content (AvgIpc) is 3.42. The Morgan fingerprint density at radius 1 is 0.875 bits per heavy atom. The summed E-state index contributed by atoms with van der Waals surface area (Å²) >= 11 is 0. The molecule has 0 aliphatic carbocycles. The van der Waals surface area contributed by atoms with Gasteiger partial charge in [-0.1, -0.05) is 6.07 Å². The van der Waals surface area contributed by atoms with Crippen LogP contribution in [-0.2, 0) is 0 Å². The van der Waals surface area contributed by atoms with Crippen LogP contribution in [0.25, 0.3) is 56.0 Å². The molecule has 7 nitrogen and oxygen atoms in total. The maximum Gasteiger partial charge on any atom is 0.138 e. The Kier molecular flexibility index (Phi) is 3.97. The molecule has 0 aliphatic heterocycles. The number of rotatable bonds is 3. The van der Waals surface area contributed by atoms with E-state index in [-0.39, 0.29) is 5.75 Å². The third-order valence-corrected chi connectivity index (χ3v) is 5.32. The Labute approximate surface area is 180 Å². The minimum absolute atomic E-state index is 0.134. The molecular weight excluding hydrogens is 407 g/mol. The number of aromatic nitrogens is 6. The first-order valence-electron chi connectivity index (χ1n) is 9.90. The number of phenolic OH excluding ortho intramolecular Hbond substituents is 1. The molecule has 0 unspecified atom stereocenters. The molecule has 0 spiro atoms. The summed E-state index contributed by atoms with van der Waals surface area (Å²) in [6.45, 7) is 0. The third kappa shape index (κ3) is 2.97. The molecule has 0 saturated carbocycles. The molecular formula is C24H15FN6O. The molecule has 0 aliphatic rings. The number of nitrogens with zero attached hydrogens (tertiary/aromatic N) is 4. The van der Waals surface area contributed by atoms with Gasteiger partial charge in [-0.25, -0.2) is 14.4 Å². The van der Waals surface area contributed by atoms with E-state index >= 15 is 0 Å². The molecule has 154 valence electrons. The van der Waals surface area contributed by atoms with Crippen molar-refractivity contribution in [2.24, 2.45) is 0 Å². The molecule has 32 heavy (non-hydrogen) atoms. The summed E-state index contributed by atoms with van der Waals surface area (Å²) in [6, 6.07) is 17.2. The predicted molar refractivity (Wildman–Crippen MR) is 119 cm³/mol. The van der Waals surface area contributed by atoms with Gasteiger partial charge in [0.15, 0.2) is 0 Å². The van der Waals surface area contributed by atoms with Crippen molar-refractivity contribution in [3.05, 3.63) is 78.9 Å². The van der Waals surface area contributed by atoms with Crippen molar-refractivity contribution in [3.63, 3.8) is 0 Å². The van der Waals surface area contributed by atoms with Crippen molar-refractivity contribution < 1.29 is 9.50 Å². The summed E-state index contributed by atoms with van der Waals surface area (Å²) in [5.74, 6) is -0.643. The normalized spacial score (nSPS) is 11.4. The van der Waals surface area contributed by atoms with Crippen molar-refractivity contribution in [1.29, 1.82) is 0 Å². The summed E-state index contributed by atoms with van der Waals surface area (Å²) in [5.41, 5.74) is 6.29. The zero-order chi connectivity index (χ0) is 21.7. The quantitative estimate of drug-likeness (QED) is 0.369. The van der Waals surface area contributed by atoms with Crippen LogP contribution in [0.5, 0.6) is 5.75 Å². The van der Waals surface area contributed by atoms with E-state index in [4.69, 9.17) is 4.98 Å². The molecule has 8 heteroatoms. The zero-order valence-corrected chi connectivity index (χ0v) is 16.5. The van der Waals surface area contributed by atoms with E-state index in [1.807, 2.05) is 36.4 Å². The Morgan fingerprint density at radius 3 is 2.66 bits per heavy atom. The maximum atomic E-state index is 13.9. The molecule has 3 N–H and O–H groups in total. The second-order valence-corrected chi connectivity index (χ2v) is 7.38. The molecule has 5 heterocycles. The minimum atomic E-state index is -0.509. The number of aromatic hydroxyl groups is 1. The van der Waals surface area contributed by atoms with Gasteiger partial charge in [0, 0.05) is 23.8 Å². The van der Waals surface area contributed by atoms with Crippen molar-refractivity contribution in [2.75, 3.05) is 0 Å². The fourth-order valence-electron chi connectivity index (χ4n) is 3.88. The van der Waals surface area contributed by atoms with Gasteiger partial charge in [0.1, 0.15) is 28.4 Å². The first kappa shape index (κ1) is 18.2. The Hall–Kier alpha value is -4.59. The lowest BCUT2D eigenvalue weighted by Gasteiger charge is -2.04. The van der Waals surface area contributed by atoms with Crippen LogP contribution in [0.15, 0.2) is 73.1 Å². The number of aromatic amines is 2. The maximum absolute atomic E-state index is 13.9. The van der Waals surface area contributed by atoms with Gasteiger partial charge in [-0.15, -0.1) is 0 Å². The minimum Gasteiger partial charge on any atom is -0.508 e. The summed E-state index contributed by atoms with van der Waals surface area (Å²) in [7, 11) is 0. The summed E-state index contributed by atoms with van der Waals surface area (Å²) in [4.78, 5) is 16.8. The molecule has 0 atom stereocenters. The lowest BCUT2D eigenvalue weighted by molar-refractivity contribution is 0.469. The van der Waals surface area contributed by atoms with Gasteiger partial charge < -0.3 is 10.1 Å². The van der Waals surface area contributed by atoms with Crippen LogP contribution < -0.4 is 0 Å². The first-order chi connectivity index (χ1) is 15.7. The van der Waals surface area contributed by atoms with Crippen LogP contribution in [0.2, 0.25) is 0 Å². The second kappa shape index (κ2) is 6.98. The fourth-order valence-corrected chi connectivity index (χ4v) is 3.88. The number of benzene rings is 1. The van der Waals surface area contributed by atoms with Gasteiger partial charge in [0.25, 0.3) is 0 Å². The first-order valence-corrected chi connectivity index (χ1v) is 9.90. The average molecular weight is 422 g/mol. The van der Waals surface area contributed by atoms with Crippen molar-refractivity contribution >= 4 is 22.1 Å². The molecule has 0 radical (unpaired) electrons. The van der Waals surface area contributed by atoms with Crippen LogP contribution in [0, 0.1) is 5.82 Å². The summed E-state index contributed by atoms with van der Waals surface area (Å²) in [6.07, 6.45) is 3.37. The van der Waals surface area contributed by atoms with Crippen LogP contribution in [0.1, 0.15) is 0 Å². The topological polar surface area (TPSA) is 103 Å². The highest BCUT2D eigenvalue weighted by Gasteiger charge is 2.16. The molecule has 6 aromatic rings. The van der Waals surface area contributed by atoms with Crippen LogP contribution in [0.3, 0.4) is 0 Å². The molecule has 0 bridgehead atoms. The number of fused-ring (bicyclic) bond motifs is 2. The smallest absolute Gasteiger partial charge is 0.138 e. The molecule has 0 fully saturated rings. The Balaban J connectivity index is 1.52. The van der Waals surface area contributed by atoms with Gasteiger partial charge in [0.2, 0.25) is 0 Å². The van der Waals surface area contributed by atoms with Crippen LogP contribution >= 0.6 is 0 Å². The lowest BCUT2D eigenvalue weighted by Crippen LogP contribution is -1.88. The summed E-state index contributed by atoms with van der Waals surface area (Å²) in [5, 5.41) is 18.1. The van der Waals surface area contributed by atoms with Crippen LogP contribution in [0.4, 0.5) is 4.39 Å². The largest absolute Gasteiger partial charge is 0.508 e. The monoisotopic (exact) mass is 422 g/mol. The molecule has 6 rings (SSSR count). The number of hydrogen-bond donors (Lipinski definition) is 3. The number of halogens is 1. The number of hydrogen-bond acceptors (Lipinski definition) is 5. The van der Waals surface area contributed by atoms with E-state index in [9.17, 15) is 9.50 Å². The number of pyridine rings is 3. The van der Waals surface area contributed by atoms with Gasteiger partial charge in [0.05, 0.1) is 22.6 Å². The predicted octanol–water partition coefficient (Wildman–Crippen LogP) is 5.07. The van der Waals surface area contributed by atoms with Gasteiger partial charge in [-0.05, 0) is 59.7 Å². The third-order valence-electron chi connectivity index (χ3n) is 5.32. The lowest BCUT2D eigenvalue weighted by atomic mass is 10.0. The van der Waals surface area contributed by atoms with Gasteiger partial charge in [-0.3, -0.25) is 10.1 Å². The standard InChI is InChI=1S/C24H15FN6O/c25-14-9-13(10-15(32)11-14)16-6-8-27-24-17(16)12-21(29-24)23-22-20(30-31-23)5-4-19(28-22)18-3-1-2-7-26-18/h1-12,32H,(H,27,29)(H,30,31). The Bertz CT molecular complexity index is 1590. The van der Waals surface area contributed by atoms with E-state index in [1.165, 1.54) is 12.1 Å². The highest BCUT2D eigenvalue weighted by molar-refractivity contribution is 5.99. The van der Waals surface area contributed by atoms with Crippen molar-refractivity contribution in [2.45, 2.75) is 0 Å². The van der Waals surface area contributed by atoms with Crippen molar-refractivity contribution in [3.8, 4) is 39.7 Å². The Morgan fingerprint density at radius 2 is 1.81 bits per heavy atom. The molecule has 0 saturated heterocycles. The molecule has 0 amide bonds. The van der Waals surface area contributed by atoms with E-state index in [0.717, 1.165) is 39.6 Å². The van der Waals surface area contributed by atoms with E-state index in [1.54, 1.807) is 18.5 Å². The SMILES string of the molecule is Oc1cc(F)cc(-c2ccnc3[nH]c(-c4n[nH]c5ccc(-c6ccccn6)nc45)cc23)c1. The fraction of sp³-hybridized carbons (Fsp3) is 0. The van der Waals surface area contributed by atoms with E-state index in [2.05, 4.69) is 25.1 Å². The highest BCUT2D eigenvalue weighted by Crippen LogP contribution is 2.34. The van der Waals surface area contributed by atoms with E-state index in [0.29, 0.717) is 22.4 Å². The van der Waals surface area contributed by atoms with E-state index < -0.39 is 5.82 Å². The highest BCUT2D eigenvalue weighted by atomic mass is 19.1. The second-order valence-electron chi connectivity index (χ2n) is 7.38. The van der Waals surface area contributed by atoms with Gasteiger partial charge in [-0.2, -0.15) is 5.10 Å². The molecule has 1 aromatic carbocycles. The summed E-state index contributed by atoms with van der Waals surface area (Å²) < 4.78 is 13.9. The number of nitrogens with one attached hydrogen (secondary N) is 2. The number of phenols is 1. The molecule has 5 aromatic heterocycles. The van der Waals surface area contributed by atoms with Crippen LogP contribution in [-0.4, -0.2) is 35.2 Å². The number of H-pyrrole nitrogens is 2.